The molecule has 0 unspecified atom stereocenters. The van der Waals surface area contributed by atoms with Gasteiger partial charge in [-0.3, -0.25) is 0 Å². The van der Waals surface area contributed by atoms with Crippen molar-refractivity contribution in [1.82, 2.24) is 5.32 Å². The van der Waals surface area contributed by atoms with Gasteiger partial charge in [0.1, 0.15) is 0 Å². The Balaban J connectivity index is 2.56. The molecular weight excluding hydrogens is 222 g/mol. The number of ether oxygens (including phenoxy) is 1. The first-order valence-electron chi connectivity index (χ1n) is 6.80. The largest absolute Gasteiger partial charge is 0.371 e. The highest BCUT2D eigenvalue weighted by Crippen LogP contribution is 2.15. The molecule has 0 aliphatic carbocycles. The summed E-state index contributed by atoms with van der Waals surface area (Å²) in [7, 11) is 0. The third-order valence-corrected chi connectivity index (χ3v) is 2.65. The van der Waals surface area contributed by atoms with Gasteiger partial charge in [-0.05, 0) is 44.4 Å². The SMILES string of the molecule is CC(C)CNCc1ccccc1COC(C)(C)C. The highest BCUT2D eigenvalue weighted by Gasteiger charge is 2.11. The van der Waals surface area contributed by atoms with Gasteiger partial charge in [-0.2, -0.15) is 0 Å². The van der Waals surface area contributed by atoms with Gasteiger partial charge in [0.2, 0.25) is 0 Å². The highest BCUT2D eigenvalue weighted by molar-refractivity contribution is 5.26. The first kappa shape index (κ1) is 15.2. The van der Waals surface area contributed by atoms with Gasteiger partial charge in [-0.15, -0.1) is 0 Å². The van der Waals surface area contributed by atoms with E-state index >= 15 is 0 Å². The number of benzene rings is 1. The zero-order valence-corrected chi connectivity index (χ0v) is 12.4. The zero-order valence-electron chi connectivity index (χ0n) is 12.4. The molecule has 1 aromatic rings. The predicted molar refractivity (Wildman–Crippen MR) is 77.5 cm³/mol. The van der Waals surface area contributed by atoms with Crippen LogP contribution in [0.5, 0.6) is 0 Å². The molecule has 0 atom stereocenters. The molecule has 1 aromatic carbocycles. The summed E-state index contributed by atoms with van der Waals surface area (Å²) < 4.78 is 5.86. The van der Waals surface area contributed by atoms with E-state index in [1.807, 2.05) is 0 Å². The van der Waals surface area contributed by atoms with Crippen LogP contribution in [0.4, 0.5) is 0 Å². The van der Waals surface area contributed by atoms with Gasteiger partial charge in [0, 0.05) is 6.54 Å². The molecule has 0 bridgehead atoms. The molecule has 2 heteroatoms. The molecule has 0 saturated carbocycles. The lowest BCUT2D eigenvalue weighted by Gasteiger charge is -2.21. The molecular formula is C16H27NO. The van der Waals surface area contributed by atoms with Crippen molar-refractivity contribution >= 4 is 0 Å². The molecule has 0 aliphatic heterocycles. The highest BCUT2D eigenvalue weighted by atomic mass is 16.5. The molecule has 0 saturated heterocycles. The maximum absolute atomic E-state index is 5.86. The quantitative estimate of drug-likeness (QED) is 0.829. The maximum atomic E-state index is 5.86. The Morgan fingerprint density at radius 1 is 1.11 bits per heavy atom. The van der Waals surface area contributed by atoms with Gasteiger partial charge in [0.25, 0.3) is 0 Å². The van der Waals surface area contributed by atoms with E-state index in [-0.39, 0.29) is 5.60 Å². The van der Waals surface area contributed by atoms with Gasteiger partial charge in [-0.1, -0.05) is 38.1 Å². The topological polar surface area (TPSA) is 21.3 Å². The average molecular weight is 249 g/mol. The van der Waals surface area contributed by atoms with Gasteiger partial charge in [0.05, 0.1) is 12.2 Å². The Bertz CT molecular complexity index is 352. The Hall–Kier alpha value is -0.860. The molecule has 18 heavy (non-hydrogen) atoms. The van der Waals surface area contributed by atoms with Crippen molar-refractivity contribution in [2.75, 3.05) is 6.54 Å². The van der Waals surface area contributed by atoms with Gasteiger partial charge < -0.3 is 10.1 Å². The minimum absolute atomic E-state index is 0.0848. The Labute approximate surface area is 112 Å². The van der Waals surface area contributed by atoms with E-state index < -0.39 is 0 Å². The van der Waals surface area contributed by atoms with Crippen LogP contribution in [-0.4, -0.2) is 12.1 Å². The van der Waals surface area contributed by atoms with Crippen LogP contribution in [0.15, 0.2) is 24.3 Å². The molecule has 1 N–H and O–H groups in total. The molecule has 1 rings (SSSR count). The van der Waals surface area contributed by atoms with Crippen LogP contribution in [0.3, 0.4) is 0 Å². The van der Waals surface area contributed by atoms with E-state index in [1.54, 1.807) is 0 Å². The van der Waals surface area contributed by atoms with Gasteiger partial charge in [0.15, 0.2) is 0 Å². The predicted octanol–water partition coefficient (Wildman–Crippen LogP) is 3.75. The molecule has 0 aromatic heterocycles. The fraction of sp³-hybridized carbons (Fsp3) is 0.625. The summed E-state index contributed by atoms with van der Waals surface area (Å²) >= 11 is 0. The molecule has 0 amide bonds. The molecule has 0 fully saturated rings. The van der Waals surface area contributed by atoms with Crippen molar-refractivity contribution in [1.29, 1.82) is 0 Å². The van der Waals surface area contributed by atoms with Crippen LogP contribution < -0.4 is 5.32 Å². The normalized spacial score (nSPS) is 12.1. The first-order valence-corrected chi connectivity index (χ1v) is 6.80. The van der Waals surface area contributed by atoms with E-state index in [2.05, 4.69) is 64.2 Å². The lowest BCUT2D eigenvalue weighted by atomic mass is 10.1. The fourth-order valence-corrected chi connectivity index (χ4v) is 1.66. The number of hydrogen-bond acceptors (Lipinski definition) is 2. The molecule has 0 aliphatic rings. The molecule has 0 radical (unpaired) electrons. The monoisotopic (exact) mass is 249 g/mol. The smallest absolute Gasteiger partial charge is 0.0727 e. The van der Waals surface area contributed by atoms with Crippen molar-refractivity contribution in [3.05, 3.63) is 35.4 Å². The number of hydrogen-bond donors (Lipinski definition) is 1. The summed E-state index contributed by atoms with van der Waals surface area (Å²) in [4.78, 5) is 0. The lowest BCUT2D eigenvalue weighted by Crippen LogP contribution is -2.21. The number of nitrogens with one attached hydrogen (secondary N) is 1. The average Bonchev–Trinajstić information content (AvgIpc) is 2.26. The molecule has 0 spiro atoms. The van der Waals surface area contributed by atoms with Crippen molar-refractivity contribution in [2.24, 2.45) is 5.92 Å². The minimum Gasteiger partial charge on any atom is -0.371 e. The summed E-state index contributed by atoms with van der Waals surface area (Å²) in [5, 5.41) is 3.48. The third kappa shape index (κ3) is 6.18. The van der Waals surface area contributed by atoms with Crippen LogP contribution in [0.2, 0.25) is 0 Å². The van der Waals surface area contributed by atoms with E-state index in [0.29, 0.717) is 12.5 Å². The van der Waals surface area contributed by atoms with Crippen molar-refractivity contribution < 1.29 is 4.74 Å². The summed E-state index contributed by atoms with van der Waals surface area (Å²) in [6, 6.07) is 8.49. The van der Waals surface area contributed by atoms with Gasteiger partial charge in [-0.25, -0.2) is 0 Å². The van der Waals surface area contributed by atoms with Crippen LogP contribution >= 0.6 is 0 Å². The van der Waals surface area contributed by atoms with Crippen LogP contribution in [0, 0.1) is 5.92 Å². The minimum atomic E-state index is -0.0848. The first-order chi connectivity index (χ1) is 8.38. The molecule has 2 nitrogen and oxygen atoms in total. The Morgan fingerprint density at radius 2 is 1.72 bits per heavy atom. The molecule has 0 heterocycles. The van der Waals surface area contributed by atoms with E-state index in [1.165, 1.54) is 11.1 Å². The van der Waals surface area contributed by atoms with Crippen molar-refractivity contribution in [2.45, 2.75) is 53.4 Å². The van der Waals surface area contributed by atoms with Gasteiger partial charge >= 0.3 is 0 Å². The summed E-state index contributed by atoms with van der Waals surface area (Å²) in [5.41, 5.74) is 2.53. The standard InChI is InChI=1S/C16H27NO/c1-13(2)10-17-11-14-8-6-7-9-15(14)12-18-16(3,4)5/h6-9,13,17H,10-12H2,1-5H3. The Kier molecular flexibility index (Phi) is 5.83. The third-order valence-electron chi connectivity index (χ3n) is 2.65. The van der Waals surface area contributed by atoms with Crippen LogP contribution in [0.1, 0.15) is 45.7 Å². The lowest BCUT2D eigenvalue weighted by molar-refractivity contribution is -0.0152. The second-order valence-electron chi connectivity index (χ2n) is 6.19. The second-order valence-corrected chi connectivity index (χ2v) is 6.19. The van der Waals surface area contributed by atoms with E-state index in [9.17, 15) is 0 Å². The van der Waals surface area contributed by atoms with Crippen LogP contribution in [0.25, 0.3) is 0 Å². The molecule has 102 valence electrons. The zero-order chi connectivity index (χ0) is 13.6. The fourth-order valence-electron chi connectivity index (χ4n) is 1.66. The van der Waals surface area contributed by atoms with Crippen molar-refractivity contribution in [3.63, 3.8) is 0 Å². The maximum Gasteiger partial charge on any atom is 0.0727 e. The Morgan fingerprint density at radius 3 is 2.28 bits per heavy atom. The summed E-state index contributed by atoms with van der Waals surface area (Å²) in [6.07, 6.45) is 0. The summed E-state index contributed by atoms with van der Waals surface area (Å²) in [5.74, 6) is 0.683. The van der Waals surface area contributed by atoms with Crippen LogP contribution in [-0.2, 0) is 17.9 Å². The second kappa shape index (κ2) is 6.91. The summed E-state index contributed by atoms with van der Waals surface area (Å²) in [6.45, 7) is 13.4. The van der Waals surface area contributed by atoms with E-state index in [0.717, 1.165) is 13.1 Å². The van der Waals surface area contributed by atoms with E-state index in [4.69, 9.17) is 4.74 Å². The number of rotatable bonds is 6. The van der Waals surface area contributed by atoms with Crippen molar-refractivity contribution in [3.8, 4) is 0 Å².